The van der Waals surface area contributed by atoms with Gasteiger partial charge in [0.05, 0.1) is 23.3 Å². The SMILES string of the molecule is CC(=O)NC(C(=O)N1C[C@H](O)CC1C1=NC(=O)C(C)(c2ccc(B3OC(C)(C)C(C)(C)O3)cc2)N1)C(C)(C)C. The molecule has 39 heavy (non-hydrogen) atoms. The highest BCUT2D eigenvalue weighted by molar-refractivity contribution is 6.62. The molecular formula is C28H41BN4O6. The molecule has 2 fully saturated rings. The molecule has 3 aliphatic rings. The third-order valence-electron chi connectivity index (χ3n) is 8.38. The van der Waals surface area contributed by atoms with Crippen LogP contribution in [0.15, 0.2) is 29.3 Å². The monoisotopic (exact) mass is 540 g/mol. The summed E-state index contributed by atoms with van der Waals surface area (Å²) in [4.78, 5) is 44.5. The van der Waals surface area contributed by atoms with Gasteiger partial charge < -0.3 is 29.9 Å². The number of nitrogens with zero attached hydrogens (tertiary/aromatic N) is 2. The molecule has 3 amide bonds. The summed E-state index contributed by atoms with van der Waals surface area (Å²) in [5.41, 5.74) is -1.09. The second-order valence-corrected chi connectivity index (χ2v) is 13.2. The Hall–Kier alpha value is -2.76. The minimum absolute atomic E-state index is 0.0874. The Morgan fingerprint density at radius 1 is 1.13 bits per heavy atom. The summed E-state index contributed by atoms with van der Waals surface area (Å²) < 4.78 is 12.3. The van der Waals surface area contributed by atoms with Gasteiger partial charge in [-0.3, -0.25) is 14.4 Å². The molecule has 10 nitrogen and oxygen atoms in total. The first-order chi connectivity index (χ1) is 17.9. The van der Waals surface area contributed by atoms with Crippen LogP contribution in [0.4, 0.5) is 0 Å². The summed E-state index contributed by atoms with van der Waals surface area (Å²) in [5, 5.41) is 16.5. The number of carbonyl (C=O) groups is 3. The van der Waals surface area contributed by atoms with E-state index < -0.39 is 47.5 Å². The lowest BCUT2D eigenvalue weighted by Gasteiger charge is -2.36. The van der Waals surface area contributed by atoms with Gasteiger partial charge in [0, 0.05) is 19.9 Å². The van der Waals surface area contributed by atoms with Gasteiger partial charge in [0.2, 0.25) is 11.8 Å². The van der Waals surface area contributed by atoms with E-state index >= 15 is 0 Å². The number of amidine groups is 1. The molecule has 2 saturated heterocycles. The largest absolute Gasteiger partial charge is 0.494 e. The summed E-state index contributed by atoms with van der Waals surface area (Å²) in [5.74, 6) is -0.693. The van der Waals surface area contributed by atoms with E-state index in [0.29, 0.717) is 11.4 Å². The molecule has 0 spiro atoms. The number of carbonyl (C=O) groups excluding carboxylic acids is 3. The lowest BCUT2D eigenvalue weighted by molar-refractivity contribution is -0.139. The van der Waals surface area contributed by atoms with Crippen LogP contribution in [0.3, 0.4) is 0 Å². The molecule has 3 heterocycles. The molecule has 0 aliphatic carbocycles. The number of benzene rings is 1. The van der Waals surface area contributed by atoms with Gasteiger partial charge in [0.15, 0.2) is 0 Å². The number of aliphatic hydroxyl groups is 1. The number of β-amino-alcohol motifs (C(OH)–C–C–N with tert-alkyl or cyclic N) is 1. The zero-order chi connectivity index (χ0) is 29.1. The van der Waals surface area contributed by atoms with Crippen molar-refractivity contribution >= 4 is 36.1 Å². The molecule has 0 bridgehead atoms. The summed E-state index contributed by atoms with van der Waals surface area (Å²) in [6.45, 7) is 16.8. The predicted octanol–water partition coefficient (Wildman–Crippen LogP) is 1.24. The van der Waals surface area contributed by atoms with Crippen LogP contribution >= 0.6 is 0 Å². The van der Waals surface area contributed by atoms with Gasteiger partial charge in [-0.25, -0.2) is 0 Å². The smallest absolute Gasteiger partial charge is 0.399 e. The summed E-state index contributed by atoms with van der Waals surface area (Å²) in [7, 11) is -0.519. The Morgan fingerprint density at radius 3 is 2.21 bits per heavy atom. The minimum Gasteiger partial charge on any atom is -0.399 e. The van der Waals surface area contributed by atoms with Gasteiger partial charge in [-0.05, 0) is 51.1 Å². The van der Waals surface area contributed by atoms with Gasteiger partial charge in [0.1, 0.15) is 17.4 Å². The Labute approximate surface area is 231 Å². The second kappa shape index (κ2) is 9.71. The molecule has 1 aromatic carbocycles. The van der Waals surface area contributed by atoms with Gasteiger partial charge in [-0.15, -0.1) is 0 Å². The van der Waals surface area contributed by atoms with Crippen LogP contribution in [0.25, 0.3) is 0 Å². The molecule has 4 atom stereocenters. The maximum absolute atomic E-state index is 13.6. The maximum atomic E-state index is 13.6. The zero-order valence-electron chi connectivity index (χ0n) is 24.4. The van der Waals surface area contributed by atoms with Crippen LogP contribution in [0.5, 0.6) is 0 Å². The number of hydrogen-bond donors (Lipinski definition) is 3. The number of aliphatic hydroxyl groups excluding tert-OH is 1. The van der Waals surface area contributed by atoms with Crippen molar-refractivity contribution in [2.75, 3.05) is 6.54 Å². The van der Waals surface area contributed by atoms with E-state index in [1.807, 2.05) is 72.7 Å². The number of likely N-dealkylation sites (tertiary alicyclic amines) is 1. The van der Waals surface area contributed by atoms with E-state index in [1.165, 1.54) is 11.8 Å². The molecule has 1 aromatic rings. The predicted molar refractivity (Wildman–Crippen MR) is 148 cm³/mol. The quantitative estimate of drug-likeness (QED) is 0.480. The molecule has 11 heteroatoms. The molecule has 3 aliphatic heterocycles. The van der Waals surface area contributed by atoms with E-state index in [9.17, 15) is 19.5 Å². The van der Waals surface area contributed by atoms with Crippen LogP contribution in [0.1, 0.15) is 74.3 Å². The number of nitrogens with one attached hydrogen (secondary N) is 2. The number of hydrogen-bond acceptors (Lipinski definition) is 7. The first-order valence-electron chi connectivity index (χ1n) is 13.5. The molecule has 212 valence electrons. The van der Waals surface area contributed by atoms with Gasteiger partial charge in [-0.1, -0.05) is 45.0 Å². The Balaban J connectivity index is 1.54. The molecular weight excluding hydrogens is 499 g/mol. The number of amides is 3. The normalized spacial score (nSPS) is 28.8. The minimum atomic E-state index is -1.15. The first-order valence-corrected chi connectivity index (χ1v) is 13.5. The van der Waals surface area contributed by atoms with E-state index in [0.717, 1.165) is 5.46 Å². The Morgan fingerprint density at radius 2 is 1.69 bits per heavy atom. The maximum Gasteiger partial charge on any atom is 0.494 e. The van der Waals surface area contributed by atoms with Gasteiger partial charge in [0.25, 0.3) is 5.91 Å². The highest BCUT2D eigenvalue weighted by atomic mass is 16.7. The average molecular weight is 540 g/mol. The number of aliphatic imine (C=N–C) groups is 1. The first kappa shape index (κ1) is 29.2. The third-order valence-corrected chi connectivity index (χ3v) is 8.38. The fourth-order valence-corrected chi connectivity index (χ4v) is 5.20. The van der Waals surface area contributed by atoms with Crippen LogP contribution in [0, 0.1) is 5.41 Å². The molecule has 3 N–H and O–H groups in total. The van der Waals surface area contributed by atoms with Crippen LogP contribution in [-0.2, 0) is 29.2 Å². The lowest BCUT2D eigenvalue weighted by atomic mass is 9.77. The van der Waals surface area contributed by atoms with Crippen molar-refractivity contribution in [3.8, 4) is 0 Å². The molecule has 0 radical (unpaired) electrons. The lowest BCUT2D eigenvalue weighted by Crippen LogP contribution is -2.58. The van der Waals surface area contributed by atoms with Crippen molar-refractivity contribution in [3.63, 3.8) is 0 Å². The van der Waals surface area contributed by atoms with Crippen LogP contribution in [-0.4, -0.2) is 76.6 Å². The number of rotatable bonds is 5. The van der Waals surface area contributed by atoms with Crippen molar-refractivity contribution in [3.05, 3.63) is 29.8 Å². The van der Waals surface area contributed by atoms with Gasteiger partial charge >= 0.3 is 7.12 Å². The highest BCUT2D eigenvalue weighted by Gasteiger charge is 2.52. The summed E-state index contributed by atoms with van der Waals surface area (Å²) >= 11 is 0. The second-order valence-electron chi connectivity index (χ2n) is 13.2. The van der Waals surface area contributed by atoms with Crippen LogP contribution < -0.4 is 16.1 Å². The van der Waals surface area contributed by atoms with Crippen molar-refractivity contribution in [2.45, 2.75) is 104 Å². The fourth-order valence-electron chi connectivity index (χ4n) is 5.20. The molecule has 0 saturated carbocycles. The van der Waals surface area contributed by atoms with Crippen molar-refractivity contribution in [1.82, 2.24) is 15.5 Å². The molecule has 3 unspecified atom stereocenters. The Kier molecular flexibility index (Phi) is 7.28. The Bertz CT molecular complexity index is 1180. The topological polar surface area (TPSA) is 130 Å². The van der Waals surface area contributed by atoms with Crippen molar-refractivity contribution < 1.29 is 28.8 Å². The molecule has 4 rings (SSSR count). The van der Waals surface area contributed by atoms with Crippen LogP contribution in [0.2, 0.25) is 0 Å². The standard InChI is InChI=1S/C28H41BN4O6/c1-16(34)30-21(25(2,3)4)23(36)33-15-19(35)14-20(33)22-31-24(37)28(9,32-22)17-10-12-18(13-11-17)29-38-26(5,6)27(7,8)39-29/h10-13,19-21,35H,14-15H2,1-9H3,(H,30,34)(H,31,32,37)/t19-,20?,21?,28?/m1/s1. The third kappa shape index (κ3) is 5.36. The summed E-state index contributed by atoms with van der Waals surface area (Å²) in [6, 6.07) is 6.04. The summed E-state index contributed by atoms with van der Waals surface area (Å²) in [6.07, 6.45) is -0.541. The van der Waals surface area contributed by atoms with E-state index in [4.69, 9.17) is 9.31 Å². The van der Waals surface area contributed by atoms with E-state index in [-0.39, 0.29) is 30.7 Å². The van der Waals surface area contributed by atoms with Crippen molar-refractivity contribution in [2.24, 2.45) is 10.4 Å². The van der Waals surface area contributed by atoms with Crippen molar-refractivity contribution in [1.29, 1.82) is 0 Å². The zero-order valence-corrected chi connectivity index (χ0v) is 24.4. The fraction of sp³-hybridized carbons (Fsp3) is 0.643. The molecule has 0 aromatic heterocycles. The average Bonchev–Trinajstić information content (AvgIpc) is 3.42. The van der Waals surface area contributed by atoms with E-state index in [1.54, 1.807) is 6.92 Å². The highest BCUT2D eigenvalue weighted by Crippen LogP contribution is 2.37. The van der Waals surface area contributed by atoms with Gasteiger partial charge in [-0.2, -0.15) is 4.99 Å². The van der Waals surface area contributed by atoms with E-state index in [2.05, 4.69) is 15.6 Å².